The molecule has 3 rings (SSSR count). The van der Waals surface area contributed by atoms with Gasteiger partial charge in [0.05, 0.1) is 0 Å². The Morgan fingerprint density at radius 3 is 2.38 bits per heavy atom. The molecule has 1 aliphatic heterocycles. The highest BCUT2D eigenvalue weighted by molar-refractivity contribution is 6.03. The molecule has 1 aromatic heterocycles. The van der Waals surface area contributed by atoms with Crippen LogP contribution in [-0.4, -0.2) is 24.0 Å². The van der Waals surface area contributed by atoms with Crippen molar-refractivity contribution >= 4 is 17.3 Å². The van der Waals surface area contributed by atoms with Crippen LogP contribution in [0.25, 0.3) is 0 Å². The Balaban J connectivity index is 1.69. The van der Waals surface area contributed by atoms with Gasteiger partial charge in [-0.25, -0.2) is 0 Å². The van der Waals surface area contributed by atoms with Gasteiger partial charge in [0, 0.05) is 30.7 Å². The maximum Gasteiger partial charge on any atom is 0.274 e. The number of carbonyl (C=O) groups excluding carboxylic acids is 1. The van der Waals surface area contributed by atoms with Crippen LogP contribution in [0.3, 0.4) is 0 Å². The number of amides is 1. The van der Waals surface area contributed by atoms with Crippen LogP contribution in [0.5, 0.6) is 0 Å². The van der Waals surface area contributed by atoms with Gasteiger partial charge in [0.1, 0.15) is 5.69 Å². The van der Waals surface area contributed by atoms with Crippen molar-refractivity contribution in [2.24, 2.45) is 5.92 Å². The first-order valence-corrected chi connectivity index (χ1v) is 9.46. The average molecular weight is 351 g/mol. The first-order valence-electron chi connectivity index (χ1n) is 9.46. The van der Waals surface area contributed by atoms with Gasteiger partial charge in [-0.05, 0) is 54.0 Å². The van der Waals surface area contributed by atoms with Crippen LogP contribution in [0.4, 0.5) is 11.4 Å². The minimum atomic E-state index is -0.166. The van der Waals surface area contributed by atoms with Crippen LogP contribution in [0, 0.1) is 5.92 Å². The summed E-state index contributed by atoms with van der Waals surface area (Å²) in [6.45, 7) is 10.9. The number of anilines is 2. The number of aromatic nitrogens is 1. The Morgan fingerprint density at radius 2 is 1.77 bits per heavy atom. The van der Waals surface area contributed by atoms with Gasteiger partial charge in [0.2, 0.25) is 0 Å². The molecule has 0 radical (unpaired) electrons. The van der Waals surface area contributed by atoms with E-state index in [0.29, 0.717) is 5.69 Å². The molecule has 0 saturated carbocycles. The molecule has 1 aliphatic rings. The molecule has 4 heteroatoms. The maximum absolute atomic E-state index is 12.6. The van der Waals surface area contributed by atoms with E-state index in [1.165, 1.54) is 18.4 Å². The van der Waals surface area contributed by atoms with Gasteiger partial charge in [-0.1, -0.05) is 39.8 Å². The number of carbonyl (C=O) groups is 1. The zero-order chi connectivity index (χ0) is 18.7. The lowest BCUT2D eigenvalue weighted by Gasteiger charge is -2.32. The van der Waals surface area contributed by atoms with E-state index in [4.69, 9.17) is 0 Å². The van der Waals surface area contributed by atoms with Crippen molar-refractivity contribution in [1.82, 2.24) is 4.98 Å². The van der Waals surface area contributed by atoms with Crippen molar-refractivity contribution in [3.8, 4) is 0 Å². The Labute approximate surface area is 156 Å². The summed E-state index contributed by atoms with van der Waals surface area (Å²) in [6.07, 6.45) is 4.12. The quantitative estimate of drug-likeness (QED) is 0.858. The van der Waals surface area contributed by atoms with Crippen molar-refractivity contribution < 1.29 is 4.79 Å². The molecule has 1 fully saturated rings. The van der Waals surface area contributed by atoms with Crippen molar-refractivity contribution in [3.63, 3.8) is 0 Å². The van der Waals surface area contributed by atoms with Crippen LogP contribution in [-0.2, 0) is 5.41 Å². The van der Waals surface area contributed by atoms with E-state index >= 15 is 0 Å². The Bertz CT molecular complexity index is 754. The van der Waals surface area contributed by atoms with E-state index in [-0.39, 0.29) is 11.3 Å². The SMILES string of the molecule is CC1CCN(c2ccnc(C(=O)Nc3ccc(C(C)(C)C)cc3)c2)CC1. The van der Waals surface area contributed by atoms with Gasteiger partial charge in [-0.3, -0.25) is 9.78 Å². The molecule has 2 aromatic rings. The summed E-state index contributed by atoms with van der Waals surface area (Å²) in [5.41, 5.74) is 3.68. The van der Waals surface area contributed by atoms with Gasteiger partial charge in [-0.15, -0.1) is 0 Å². The molecule has 26 heavy (non-hydrogen) atoms. The van der Waals surface area contributed by atoms with Crippen molar-refractivity contribution in [2.45, 2.75) is 46.0 Å². The lowest BCUT2D eigenvalue weighted by molar-refractivity contribution is 0.102. The summed E-state index contributed by atoms with van der Waals surface area (Å²) in [7, 11) is 0. The number of pyridine rings is 1. The summed E-state index contributed by atoms with van der Waals surface area (Å²) < 4.78 is 0. The van der Waals surface area contributed by atoms with Crippen LogP contribution >= 0.6 is 0 Å². The first kappa shape index (κ1) is 18.4. The molecule has 0 spiro atoms. The van der Waals surface area contributed by atoms with E-state index in [9.17, 15) is 4.79 Å². The van der Waals surface area contributed by atoms with Crippen molar-refractivity contribution in [3.05, 3.63) is 53.9 Å². The first-order chi connectivity index (χ1) is 12.3. The van der Waals surface area contributed by atoms with Crippen molar-refractivity contribution in [2.75, 3.05) is 23.3 Å². The van der Waals surface area contributed by atoms with Gasteiger partial charge in [0.25, 0.3) is 5.91 Å². The number of rotatable bonds is 3. The van der Waals surface area contributed by atoms with E-state index in [0.717, 1.165) is 30.4 Å². The molecule has 0 unspecified atom stereocenters. The highest BCUT2D eigenvalue weighted by Gasteiger charge is 2.18. The topological polar surface area (TPSA) is 45.2 Å². The third-order valence-electron chi connectivity index (χ3n) is 5.13. The zero-order valence-electron chi connectivity index (χ0n) is 16.2. The smallest absolute Gasteiger partial charge is 0.274 e. The van der Waals surface area contributed by atoms with E-state index in [2.05, 4.69) is 55.0 Å². The monoisotopic (exact) mass is 351 g/mol. The normalized spacial score (nSPS) is 15.8. The largest absolute Gasteiger partial charge is 0.371 e. The lowest BCUT2D eigenvalue weighted by atomic mass is 9.87. The predicted molar refractivity (Wildman–Crippen MR) is 108 cm³/mol. The highest BCUT2D eigenvalue weighted by atomic mass is 16.1. The number of benzene rings is 1. The maximum atomic E-state index is 12.6. The van der Waals surface area contributed by atoms with Gasteiger partial charge < -0.3 is 10.2 Å². The second kappa shape index (κ2) is 7.48. The van der Waals surface area contributed by atoms with E-state index < -0.39 is 0 Å². The molecule has 0 atom stereocenters. The third kappa shape index (κ3) is 4.43. The van der Waals surface area contributed by atoms with Gasteiger partial charge in [0.15, 0.2) is 0 Å². The summed E-state index contributed by atoms with van der Waals surface area (Å²) in [6, 6.07) is 11.9. The Hall–Kier alpha value is -2.36. The summed E-state index contributed by atoms with van der Waals surface area (Å²) in [5, 5.41) is 2.95. The number of piperidine rings is 1. The summed E-state index contributed by atoms with van der Waals surface area (Å²) in [4.78, 5) is 19.2. The molecule has 2 heterocycles. The average Bonchev–Trinajstić information content (AvgIpc) is 2.62. The van der Waals surface area contributed by atoms with Crippen LogP contribution < -0.4 is 10.2 Å². The van der Waals surface area contributed by atoms with Gasteiger partial charge in [-0.2, -0.15) is 0 Å². The zero-order valence-corrected chi connectivity index (χ0v) is 16.2. The molecule has 4 nitrogen and oxygen atoms in total. The number of hydrogen-bond acceptors (Lipinski definition) is 3. The van der Waals surface area contributed by atoms with Crippen molar-refractivity contribution in [1.29, 1.82) is 0 Å². The number of hydrogen-bond donors (Lipinski definition) is 1. The van der Waals surface area contributed by atoms with Crippen LogP contribution in [0.2, 0.25) is 0 Å². The molecule has 138 valence electrons. The van der Waals surface area contributed by atoms with E-state index in [1.54, 1.807) is 6.20 Å². The molecule has 1 aromatic carbocycles. The minimum absolute atomic E-state index is 0.102. The summed E-state index contributed by atoms with van der Waals surface area (Å²) in [5.74, 6) is 0.618. The molecular formula is C22H29N3O. The fourth-order valence-corrected chi connectivity index (χ4v) is 3.26. The van der Waals surface area contributed by atoms with E-state index in [1.807, 2.05) is 24.3 Å². The molecule has 1 amide bonds. The third-order valence-corrected chi connectivity index (χ3v) is 5.13. The fraction of sp³-hybridized carbons (Fsp3) is 0.455. The second-order valence-electron chi connectivity index (χ2n) is 8.35. The fourth-order valence-electron chi connectivity index (χ4n) is 3.26. The standard InChI is InChI=1S/C22H29N3O/c1-16-10-13-25(14-11-16)19-9-12-23-20(15-19)21(26)24-18-7-5-17(6-8-18)22(2,3)4/h5-9,12,15-16H,10-11,13-14H2,1-4H3,(H,24,26). The molecule has 1 saturated heterocycles. The molecule has 0 bridgehead atoms. The predicted octanol–water partition coefficient (Wildman–Crippen LogP) is 4.87. The minimum Gasteiger partial charge on any atom is -0.371 e. The Morgan fingerprint density at radius 1 is 1.12 bits per heavy atom. The molecule has 0 aliphatic carbocycles. The highest BCUT2D eigenvalue weighted by Crippen LogP contribution is 2.25. The van der Waals surface area contributed by atoms with Crippen LogP contribution in [0.1, 0.15) is 56.6 Å². The molecule has 1 N–H and O–H groups in total. The lowest BCUT2D eigenvalue weighted by Crippen LogP contribution is -2.33. The number of nitrogens with one attached hydrogen (secondary N) is 1. The Kier molecular flexibility index (Phi) is 5.30. The number of nitrogens with zero attached hydrogens (tertiary/aromatic N) is 2. The molecular weight excluding hydrogens is 322 g/mol. The summed E-state index contributed by atoms with van der Waals surface area (Å²) >= 11 is 0. The van der Waals surface area contributed by atoms with Gasteiger partial charge >= 0.3 is 0 Å². The van der Waals surface area contributed by atoms with Crippen LogP contribution in [0.15, 0.2) is 42.6 Å². The second-order valence-corrected chi connectivity index (χ2v) is 8.35.